The quantitative estimate of drug-likeness (QED) is 0.808. The predicted octanol–water partition coefficient (Wildman–Crippen LogP) is 4.43. The molecule has 0 aliphatic heterocycles. The maximum absolute atomic E-state index is 6.42. The van der Waals surface area contributed by atoms with Crippen molar-refractivity contribution in [2.24, 2.45) is 16.6 Å². The van der Waals surface area contributed by atoms with Crippen LogP contribution in [0.3, 0.4) is 0 Å². The lowest BCUT2D eigenvalue weighted by molar-refractivity contribution is 0.108. The molecule has 1 saturated carbocycles. The second kappa shape index (κ2) is 7.26. The Balaban J connectivity index is 2.62. The molecule has 0 amide bonds. The molecule has 0 radical (unpaired) electrons. The zero-order chi connectivity index (χ0) is 15.4. The molecule has 2 heteroatoms. The van der Waals surface area contributed by atoms with Crippen molar-refractivity contribution in [1.82, 2.24) is 4.90 Å². The third-order valence-corrected chi connectivity index (χ3v) is 4.55. The Kier molecular flexibility index (Phi) is 6.53. The van der Waals surface area contributed by atoms with Gasteiger partial charge in [-0.3, -0.25) is 4.90 Å². The Morgan fingerprint density at radius 1 is 0.850 bits per heavy atom. The van der Waals surface area contributed by atoms with E-state index in [0.717, 1.165) is 0 Å². The Hall–Kier alpha value is -0.0800. The Bertz CT molecular complexity index is 254. The molecular formula is C18H38N2. The zero-order valence-electron chi connectivity index (χ0n) is 14.8. The molecular weight excluding hydrogens is 244 g/mol. The van der Waals surface area contributed by atoms with Gasteiger partial charge in [0.1, 0.15) is 0 Å². The number of hydrogen-bond acceptors (Lipinski definition) is 2. The summed E-state index contributed by atoms with van der Waals surface area (Å²) in [5, 5.41) is 0. The third-order valence-electron chi connectivity index (χ3n) is 4.55. The van der Waals surface area contributed by atoms with Crippen molar-refractivity contribution < 1.29 is 0 Å². The molecule has 0 aromatic carbocycles. The lowest BCUT2D eigenvalue weighted by Gasteiger charge is -2.40. The molecule has 0 unspecified atom stereocenters. The van der Waals surface area contributed by atoms with E-state index in [9.17, 15) is 0 Å². The number of hydrogen-bond donors (Lipinski definition) is 1. The van der Waals surface area contributed by atoms with Gasteiger partial charge in [0.15, 0.2) is 0 Å². The summed E-state index contributed by atoms with van der Waals surface area (Å²) in [6.07, 6.45) is 7.73. The van der Waals surface area contributed by atoms with Gasteiger partial charge in [0.2, 0.25) is 0 Å². The highest BCUT2D eigenvalue weighted by Gasteiger charge is 2.29. The van der Waals surface area contributed by atoms with Crippen molar-refractivity contribution in [1.29, 1.82) is 0 Å². The fourth-order valence-corrected chi connectivity index (χ4v) is 2.99. The second-order valence-electron chi connectivity index (χ2n) is 9.17. The summed E-state index contributed by atoms with van der Waals surface area (Å²) < 4.78 is 0. The van der Waals surface area contributed by atoms with E-state index in [-0.39, 0.29) is 0 Å². The molecule has 2 N–H and O–H groups in total. The molecule has 0 aromatic heterocycles. The van der Waals surface area contributed by atoms with Gasteiger partial charge >= 0.3 is 0 Å². The van der Waals surface area contributed by atoms with Crippen molar-refractivity contribution in [2.75, 3.05) is 13.1 Å². The maximum atomic E-state index is 6.42. The van der Waals surface area contributed by atoms with Crippen LogP contribution in [0.2, 0.25) is 0 Å². The van der Waals surface area contributed by atoms with Gasteiger partial charge in [-0.1, -0.05) is 54.4 Å². The first-order valence-corrected chi connectivity index (χ1v) is 8.58. The van der Waals surface area contributed by atoms with Crippen LogP contribution in [0.25, 0.3) is 0 Å². The van der Waals surface area contributed by atoms with Gasteiger partial charge in [-0.25, -0.2) is 0 Å². The summed E-state index contributed by atoms with van der Waals surface area (Å²) in [5.74, 6) is 0. The van der Waals surface area contributed by atoms with Crippen molar-refractivity contribution >= 4 is 0 Å². The number of nitrogens with two attached hydrogens (primary N) is 1. The third kappa shape index (κ3) is 7.08. The molecule has 1 rings (SSSR count). The number of rotatable bonds is 5. The van der Waals surface area contributed by atoms with Crippen LogP contribution in [0.4, 0.5) is 0 Å². The van der Waals surface area contributed by atoms with Crippen LogP contribution in [0, 0.1) is 10.8 Å². The summed E-state index contributed by atoms with van der Waals surface area (Å²) in [4.78, 5) is 2.71. The Labute approximate surface area is 127 Å². The topological polar surface area (TPSA) is 29.3 Å². The second-order valence-corrected chi connectivity index (χ2v) is 9.17. The Morgan fingerprint density at radius 3 is 1.70 bits per heavy atom. The molecule has 1 aliphatic carbocycles. The maximum Gasteiger partial charge on any atom is 0.0247 e. The summed E-state index contributed by atoms with van der Waals surface area (Å²) in [7, 11) is 0. The first-order valence-electron chi connectivity index (χ1n) is 8.58. The largest absolute Gasteiger partial charge is 0.326 e. The monoisotopic (exact) mass is 282 g/mol. The number of nitrogens with zero attached hydrogens (tertiary/aromatic N) is 1. The van der Waals surface area contributed by atoms with E-state index in [2.05, 4.69) is 46.4 Å². The standard InChI is InChI=1S/C18H38N2/c1-17(2,3)11-13-20(14-12-18(4,5)6)16-10-8-7-9-15(16)19/h15-16H,7-14,19H2,1-6H3/t15-,16-/m0/s1. The lowest BCUT2D eigenvalue weighted by atomic mass is 9.86. The first kappa shape index (κ1) is 18.0. The summed E-state index contributed by atoms with van der Waals surface area (Å²) in [6.45, 7) is 16.5. The van der Waals surface area contributed by atoms with Crippen LogP contribution in [0.5, 0.6) is 0 Å². The van der Waals surface area contributed by atoms with Crippen LogP contribution in [-0.4, -0.2) is 30.1 Å². The zero-order valence-corrected chi connectivity index (χ0v) is 14.8. The minimum Gasteiger partial charge on any atom is -0.326 e. The van der Waals surface area contributed by atoms with Crippen molar-refractivity contribution in [3.05, 3.63) is 0 Å². The van der Waals surface area contributed by atoms with E-state index < -0.39 is 0 Å². The van der Waals surface area contributed by atoms with Gasteiger partial charge in [-0.15, -0.1) is 0 Å². The normalized spacial score (nSPS) is 25.2. The highest BCUT2D eigenvalue weighted by molar-refractivity contribution is 4.87. The van der Waals surface area contributed by atoms with Crippen LogP contribution in [0.1, 0.15) is 80.1 Å². The van der Waals surface area contributed by atoms with Gasteiger partial charge in [0, 0.05) is 12.1 Å². The van der Waals surface area contributed by atoms with Crippen molar-refractivity contribution in [2.45, 2.75) is 92.2 Å². The molecule has 20 heavy (non-hydrogen) atoms. The van der Waals surface area contributed by atoms with Gasteiger partial charge in [-0.05, 0) is 49.6 Å². The fraction of sp³-hybridized carbons (Fsp3) is 1.00. The van der Waals surface area contributed by atoms with E-state index in [1.54, 1.807) is 0 Å². The summed E-state index contributed by atoms with van der Waals surface area (Å²) in [5.41, 5.74) is 7.25. The van der Waals surface area contributed by atoms with Crippen LogP contribution >= 0.6 is 0 Å². The van der Waals surface area contributed by atoms with Gasteiger partial charge < -0.3 is 5.73 Å². The van der Waals surface area contributed by atoms with Crippen molar-refractivity contribution in [3.63, 3.8) is 0 Å². The summed E-state index contributed by atoms with van der Waals surface area (Å²) in [6, 6.07) is 1.01. The molecule has 0 heterocycles. The van der Waals surface area contributed by atoms with E-state index >= 15 is 0 Å². The molecule has 0 bridgehead atoms. The average Bonchev–Trinajstić information content (AvgIpc) is 2.28. The molecule has 0 saturated heterocycles. The fourth-order valence-electron chi connectivity index (χ4n) is 2.99. The lowest BCUT2D eigenvalue weighted by Crippen LogP contribution is -2.51. The highest BCUT2D eigenvalue weighted by Crippen LogP contribution is 2.27. The SMILES string of the molecule is CC(C)(C)CCN(CCC(C)(C)C)[C@H]1CCCC[C@@H]1N. The first-order chi connectivity index (χ1) is 9.08. The van der Waals surface area contributed by atoms with Crippen LogP contribution in [0.15, 0.2) is 0 Å². The minimum atomic E-state index is 0.392. The van der Waals surface area contributed by atoms with E-state index in [1.165, 1.54) is 51.6 Å². The van der Waals surface area contributed by atoms with E-state index in [1.807, 2.05) is 0 Å². The van der Waals surface area contributed by atoms with Gasteiger partial charge in [-0.2, -0.15) is 0 Å². The molecule has 0 spiro atoms. The van der Waals surface area contributed by atoms with Crippen LogP contribution in [-0.2, 0) is 0 Å². The highest BCUT2D eigenvalue weighted by atomic mass is 15.2. The van der Waals surface area contributed by atoms with Gasteiger partial charge in [0.05, 0.1) is 0 Å². The average molecular weight is 283 g/mol. The molecule has 2 nitrogen and oxygen atoms in total. The minimum absolute atomic E-state index is 0.392. The van der Waals surface area contributed by atoms with Gasteiger partial charge in [0.25, 0.3) is 0 Å². The Morgan fingerprint density at radius 2 is 1.30 bits per heavy atom. The van der Waals surface area contributed by atoms with E-state index in [0.29, 0.717) is 22.9 Å². The molecule has 1 fully saturated rings. The molecule has 1 aliphatic rings. The molecule has 0 aromatic rings. The smallest absolute Gasteiger partial charge is 0.0247 e. The molecule has 2 atom stereocenters. The summed E-state index contributed by atoms with van der Waals surface area (Å²) >= 11 is 0. The molecule has 120 valence electrons. The predicted molar refractivity (Wildman–Crippen MR) is 89.9 cm³/mol. The van der Waals surface area contributed by atoms with Crippen LogP contribution < -0.4 is 5.73 Å². The van der Waals surface area contributed by atoms with Crippen molar-refractivity contribution in [3.8, 4) is 0 Å². The van der Waals surface area contributed by atoms with E-state index in [4.69, 9.17) is 5.73 Å².